The topological polar surface area (TPSA) is 78.4 Å². The molecule has 0 fully saturated rings. The van der Waals surface area contributed by atoms with Crippen LogP contribution < -0.4 is 10.6 Å². The highest BCUT2D eigenvalue weighted by molar-refractivity contribution is 5.90. The molecule has 3 N–H and O–H groups in total. The van der Waals surface area contributed by atoms with Gasteiger partial charge < -0.3 is 15.7 Å². The second kappa shape index (κ2) is 5.83. The summed E-state index contributed by atoms with van der Waals surface area (Å²) in [4.78, 5) is 21.5. The van der Waals surface area contributed by atoms with E-state index < -0.39 is 12.0 Å². The summed E-state index contributed by atoms with van der Waals surface area (Å²) < 4.78 is 12.8. The highest BCUT2D eigenvalue weighted by Gasteiger charge is 2.05. The van der Waals surface area contributed by atoms with Gasteiger partial charge in [-0.05, 0) is 30.7 Å². The number of anilines is 1. The molecule has 0 atom stereocenters. The number of urea groups is 1. The van der Waals surface area contributed by atoms with Crippen molar-refractivity contribution in [1.29, 1.82) is 0 Å². The molecule has 0 aromatic heterocycles. The fourth-order valence-electron chi connectivity index (χ4n) is 1.22. The van der Waals surface area contributed by atoms with Crippen LogP contribution in [0.25, 0.3) is 0 Å². The van der Waals surface area contributed by atoms with Crippen LogP contribution in [-0.4, -0.2) is 23.7 Å². The van der Waals surface area contributed by atoms with Gasteiger partial charge in [-0.2, -0.15) is 0 Å². The Morgan fingerprint density at radius 1 is 1.41 bits per heavy atom. The van der Waals surface area contributed by atoms with Gasteiger partial charge >= 0.3 is 12.0 Å². The largest absolute Gasteiger partial charge is 0.481 e. The van der Waals surface area contributed by atoms with Gasteiger partial charge in [0.2, 0.25) is 0 Å². The summed E-state index contributed by atoms with van der Waals surface area (Å²) in [6.07, 6.45) is -0.143. The quantitative estimate of drug-likeness (QED) is 0.749. The molecule has 0 aliphatic heterocycles. The lowest BCUT2D eigenvalue weighted by Gasteiger charge is -2.09. The number of hydrogen-bond donors (Lipinski definition) is 3. The summed E-state index contributed by atoms with van der Waals surface area (Å²) in [5, 5.41) is 13.3. The first-order valence-electron chi connectivity index (χ1n) is 5.02. The monoisotopic (exact) mass is 240 g/mol. The van der Waals surface area contributed by atoms with Crippen LogP contribution in [0, 0.1) is 12.7 Å². The van der Waals surface area contributed by atoms with Gasteiger partial charge in [-0.25, -0.2) is 9.18 Å². The Hall–Kier alpha value is -2.11. The van der Waals surface area contributed by atoms with Crippen molar-refractivity contribution in [2.24, 2.45) is 0 Å². The zero-order valence-electron chi connectivity index (χ0n) is 9.29. The van der Waals surface area contributed by atoms with E-state index in [-0.39, 0.29) is 18.8 Å². The van der Waals surface area contributed by atoms with E-state index >= 15 is 0 Å². The first-order valence-corrected chi connectivity index (χ1v) is 5.02. The van der Waals surface area contributed by atoms with E-state index in [0.29, 0.717) is 11.3 Å². The van der Waals surface area contributed by atoms with Gasteiger partial charge in [0.15, 0.2) is 0 Å². The zero-order valence-corrected chi connectivity index (χ0v) is 9.29. The predicted octanol–water partition coefficient (Wildman–Crippen LogP) is 1.73. The maximum atomic E-state index is 12.8. The molecule has 2 amide bonds. The maximum absolute atomic E-state index is 12.8. The first kappa shape index (κ1) is 13.0. The van der Waals surface area contributed by atoms with Crippen LogP contribution in [0.1, 0.15) is 12.0 Å². The number of carbonyl (C=O) groups is 2. The Morgan fingerprint density at radius 3 is 2.71 bits per heavy atom. The van der Waals surface area contributed by atoms with Crippen molar-refractivity contribution in [1.82, 2.24) is 5.32 Å². The molecule has 0 heterocycles. The van der Waals surface area contributed by atoms with Gasteiger partial charge in [0.1, 0.15) is 5.82 Å². The summed E-state index contributed by atoms with van der Waals surface area (Å²) in [6.45, 7) is 1.71. The second-order valence-electron chi connectivity index (χ2n) is 3.48. The van der Waals surface area contributed by atoms with E-state index in [9.17, 15) is 14.0 Å². The minimum atomic E-state index is -0.983. The molecule has 1 aromatic carbocycles. The van der Waals surface area contributed by atoms with E-state index in [1.165, 1.54) is 18.2 Å². The smallest absolute Gasteiger partial charge is 0.319 e. The number of carboxylic acids is 1. The Kier molecular flexibility index (Phi) is 4.45. The summed E-state index contributed by atoms with van der Waals surface area (Å²) >= 11 is 0. The van der Waals surface area contributed by atoms with E-state index in [1.54, 1.807) is 6.92 Å². The lowest BCUT2D eigenvalue weighted by molar-refractivity contribution is -0.136. The molecule has 92 valence electrons. The van der Waals surface area contributed by atoms with Crippen molar-refractivity contribution < 1.29 is 19.1 Å². The molecule has 17 heavy (non-hydrogen) atoms. The fraction of sp³-hybridized carbons (Fsp3) is 0.273. The van der Waals surface area contributed by atoms with Crippen molar-refractivity contribution in [2.75, 3.05) is 11.9 Å². The van der Waals surface area contributed by atoms with Crippen molar-refractivity contribution in [3.63, 3.8) is 0 Å². The SMILES string of the molecule is Cc1cc(F)ccc1NC(=O)NCCC(=O)O. The number of nitrogens with one attached hydrogen (secondary N) is 2. The molecule has 0 radical (unpaired) electrons. The third-order valence-corrected chi connectivity index (χ3v) is 2.06. The zero-order chi connectivity index (χ0) is 12.8. The Balaban J connectivity index is 2.48. The van der Waals surface area contributed by atoms with Gasteiger partial charge in [-0.1, -0.05) is 0 Å². The Labute approximate surface area is 97.6 Å². The molecular formula is C11H13FN2O3. The molecule has 1 rings (SSSR count). The van der Waals surface area contributed by atoms with E-state index in [2.05, 4.69) is 10.6 Å². The molecule has 0 unspecified atom stereocenters. The number of rotatable bonds is 4. The Bertz CT molecular complexity index is 435. The number of carboxylic acid groups (broad SMARTS) is 1. The van der Waals surface area contributed by atoms with Crippen molar-refractivity contribution in [2.45, 2.75) is 13.3 Å². The number of carbonyl (C=O) groups excluding carboxylic acids is 1. The van der Waals surface area contributed by atoms with E-state index in [0.717, 1.165) is 0 Å². The standard InChI is InChI=1S/C11H13FN2O3/c1-7-6-8(12)2-3-9(7)14-11(17)13-5-4-10(15)16/h2-3,6H,4-5H2,1H3,(H,15,16)(H2,13,14,17). The third-order valence-electron chi connectivity index (χ3n) is 2.06. The normalized spacial score (nSPS) is 9.76. The summed E-state index contributed by atoms with van der Waals surface area (Å²) in [7, 11) is 0. The molecule has 0 bridgehead atoms. The number of hydrogen-bond acceptors (Lipinski definition) is 2. The minimum Gasteiger partial charge on any atom is -0.481 e. The van der Waals surface area contributed by atoms with Crippen LogP contribution >= 0.6 is 0 Å². The van der Waals surface area contributed by atoms with Gasteiger partial charge in [-0.3, -0.25) is 4.79 Å². The number of aliphatic carboxylic acids is 1. The molecule has 0 saturated carbocycles. The predicted molar refractivity (Wildman–Crippen MR) is 60.4 cm³/mol. The highest BCUT2D eigenvalue weighted by atomic mass is 19.1. The Morgan fingerprint density at radius 2 is 2.12 bits per heavy atom. The third kappa shape index (κ3) is 4.50. The van der Waals surface area contributed by atoms with Crippen molar-refractivity contribution >= 4 is 17.7 Å². The number of amides is 2. The average Bonchev–Trinajstić information content (AvgIpc) is 2.21. The van der Waals surface area contributed by atoms with Gasteiger partial charge in [0.05, 0.1) is 6.42 Å². The number of benzene rings is 1. The van der Waals surface area contributed by atoms with Crippen LogP contribution in [0.15, 0.2) is 18.2 Å². The fourth-order valence-corrected chi connectivity index (χ4v) is 1.22. The van der Waals surface area contributed by atoms with Gasteiger partial charge in [0.25, 0.3) is 0 Å². The summed E-state index contributed by atoms with van der Waals surface area (Å²) in [5.74, 6) is -1.36. The number of halogens is 1. The lowest BCUT2D eigenvalue weighted by Crippen LogP contribution is -2.30. The number of aryl methyl sites for hydroxylation is 1. The molecule has 5 nitrogen and oxygen atoms in total. The van der Waals surface area contributed by atoms with Crippen molar-refractivity contribution in [3.05, 3.63) is 29.6 Å². The average molecular weight is 240 g/mol. The van der Waals surface area contributed by atoms with Gasteiger partial charge in [0, 0.05) is 12.2 Å². The second-order valence-corrected chi connectivity index (χ2v) is 3.48. The lowest BCUT2D eigenvalue weighted by atomic mass is 10.2. The van der Waals surface area contributed by atoms with Crippen LogP contribution in [0.2, 0.25) is 0 Å². The van der Waals surface area contributed by atoms with Crippen molar-refractivity contribution in [3.8, 4) is 0 Å². The molecule has 6 heteroatoms. The molecule has 0 aliphatic carbocycles. The van der Waals surface area contributed by atoms with Crippen LogP contribution in [0.4, 0.5) is 14.9 Å². The van der Waals surface area contributed by atoms with Crippen LogP contribution in [0.5, 0.6) is 0 Å². The first-order chi connectivity index (χ1) is 7.99. The highest BCUT2D eigenvalue weighted by Crippen LogP contribution is 2.15. The van der Waals surface area contributed by atoms with Crippen LogP contribution in [-0.2, 0) is 4.79 Å². The minimum absolute atomic E-state index is 0.0431. The molecule has 0 saturated heterocycles. The van der Waals surface area contributed by atoms with Gasteiger partial charge in [-0.15, -0.1) is 0 Å². The van der Waals surface area contributed by atoms with E-state index in [1.807, 2.05) is 0 Å². The molecule has 1 aromatic rings. The van der Waals surface area contributed by atoms with E-state index in [4.69, 9.17) is 5.11 Å². The molecule has 0 spiro atoms. The summed E-state index contributed by atoms with van der Waals surface area (Å²) in [6, 6.07) is 3.47. The van der Waals surface area contributed by atoms with Crippen LogP contribution in [0.3, 0.4) is 0 Å². The molecule has 0 aliphatic rings. The maximum Gasteiger partial charge on any atom is 0.319 e. The summed E-state index contributed by atoms with van der Waals surface area (Å²) in [5.41, 5.74) is 1.08. The molecular weight excluding hydrogens is 227 g/mol.